The number of hydrogen-bond donors (Lipinski definition) is 2. The largest absolute Gasteiger partial charge is 0.385 e. The highest BCUT2D eigenvalue weighted by atomic mass is 79.9. The Balaban J connectivity index is 2.03. The number of amides is 1. The van der Waals surface area contributed by atoms with Gasteiger partial charge in [0.2, 0.25) is 5.91 Å². The molecule has 0 saturated heterocycles. The second-order valence-electron chi connectivity index (χ2n) is 5.05. The second-order valence-corrected chi connectivity index (χ2v) is 7.00. The smallest absolute Gasteiger partial charge is 0.230 e. The van der Waals surface area contributed by atoms with Gasteiger partial charge in [0.1, 0.15) is 5.82 Å². The molecule has 21 heavy (non-hydrogen) atoms. The van der Waals surface area contributed by atoms with Crippen molar-refractivity contribution in [3.8, 4) is 0 Å². The Bertz CT molecular complexity index is 667. The predicted molar refractivity (Wildman–Crippen MR) is 83.8 cm³/mol. The molecule has 0 aliphatic carbocycles. The summed E-state index contributed by atoms with van der Waals surface area (Å²) in [7, 11) is 0. The Kier molecular flexibility index (Phi) is 4.75. The van der Waals surface area contributed by atoms with Crippen molar-refractivity contribution in [2.45, 2.75) is 25.9 Å². The van der Waals surface area contributed by atoms with Crippen molar-refractivity contribution in [3.05, 3.63) is 45.1 Å². The van der Waals surface area contributed by atoms with Crippen molar-refractivity contribution in [1.29, 1.82) is 0 Å². The number of anilines is 1. The molecule has 1 heterocycles. The van der Waals surface area contributed by atoms with Crippen LogP contribution in [0.4, 0.5) is 9.52 Å². The number of hydrogen-bond acceptors (Lipinski definition) is 4. The van der Waals surface area contributed by atoms with Crippen LogP contribution in [-0.2, 0) is 16.8 Å². The quantitative estimate of drug-likeness (QED) is 0.863. The minimum Gasteiger partial charge on any atom is -0.385 e. The molecule has 2 aromatic rings. The molecule has 0 unspecified atom stereocenters. The van der Waals surface area contributed by atoms with E-state index in [1.165, 1.54) is 23.6 Å². The molecular formula is C14H14BrFN2O2S. The fourth-order valence-corrected chi connectivity index (χ4v) is 2.78. The number of aromatic nitrogens is 1. The SMILES string of the molecule is CC(C)(O)c1cnc(NC(=O)Cc2ccc(Br)cc2F)s1. The van der Waals surface area contributed by atoms with E-state index in [1.807, 2.05) is 0 Å². The molecule has 0 saturated carbocycles. The lowest BCUT2D eigenvalue weighted by atomic mass is 10.1. The molecule has 1 amide bonds. The first-order chi connectivity index (χ1) is 9.75. The Labute approximate surface area is 134 Å². The lowest BCUT2D eigenvalue weighted by Gasteiger charge is -2.13. The van der Waals surface area contributed by atoms with Crippen LogP contribution in [0.15, 0.2) is 28.9 Å². The van der Waals surface area contributed by atoms with Crippen LogP contribution < -0.4 is 5.32 Å². The maximum absolute atomic E-state index is 13.7. The van der Waals surface area contributed by atoms with Crippen LogP contribution >= 0.6 is 27.3 Å². The maximum Gasteiger partial charge on any atom is 0.230 e. The summed E-state index contributed by atoms with van der Waals surface area (Å²) < 4.78 is 14.3. The van der Waals surface area contributed by atoms with Gasteiger partial charge >= 0.3 is 0 Å². The number of benzene rings is 1. The van der Waals surface area contributed by atoms with Gasteiger partial charge in [-0.05, 0) is 31.5 Å². The zero-order chi connectivity index (χ0) is 15.6. The molecule has 0 aliphatic heterocycles. The van der Waals surface area contributed by atoms with Gasteiger partial charge < -0.3 is 10.4 Å². The van der Waals surface area contributed by atoms with E-state index in [1.54, 1.807) is 26.0 Å². The van der Waals surface area contributed by atoms with E-state index in [-0.39, 0.29) is 12.3 Å². The molecule has 0 bridgehead atoms. The van der Waals surface area contributed by atoms with Gasteiger partial charge in [-0.3, -0.25) is 4.79 Å². The van der Waals surface area contributed by atoms with Gasteiger partial charge in [-0.15, -0.1) is 0 Å². The lowest BCUT2D eigenvalue weighted by Crippen LogP contribution is -2.15. The van der Waals surface area contributed by atoms with Crippen LogP contribution in [0, 0.1) is 5.82 Å². The molecule has 0 aliphatic rings. The molecule has 7 heteroatoms. The van der Waals surface area contributed by atoms with E-state index in [4.69, 9.17) is 0 Å². The molecule has 0 atom stereocenters. The summed E-state index contributed by atoms with van der Waals surface area (Å²) in [6.45, 7) is 3.28. The topological polar surface area (TPSA) is 62.2 Å². The number of nitrogens with one attached hydrogen (secondary N) is 1. The third-order valence-electron chi connectivity index (χ3n) is 2.72. The number of rotatable bonds is 4. The number of carbonyl (C=O) groups is 1. The number of aliphatic hydroxyl groups is 1. The van der Waals surface area contributed by atoms with Crippen LogP contribution in [0.3, 0.4) is 0 Å². The van der Waals surface area contributed by atoms with E-state index in [9.17, 15) is 14.3 Å². The molecule has 0 spiro atoms. The Hall–Kier alpha value is -1.31. The molecule has 2 N–H and O–H groups in total. The Morgan fingerprint density at radius 2 is 2.24 bits per heavy atom. The summed E-state index contributed by atoms with van der Waals surface area (Å²) >= 11 is 4.36. The van der Waals surface area contributed by atoms with Crippen LogP contribution in [0.5, 0.6) is 0 Å². The molecule has 0 fully saturated rings. The first kappa shape index (κ1) is 16.1. The van der Waals surface area contributed by atoms with E-state index in [2.05, 4.69) is 26.2 Å². The molecular weight excluding hydrogens is 359 g/mol. The van der Waals surface area contributed by atoms with Gasteiger partial charge in [0.25, 0.3) is 0 Å². The number of carbonyl (C=O) groups excluding carboxylic acids is 1. The fraction of sp³-hybridized carbons (Fsp3) is 0.286. The minimum absolute atomic E-state index is 0.0729. The summed E-state index contributed by atoms with van der Waals surface area (Å²) in [6.07, 6.45) is 1.44. The fourth-order valence-electron chi connectivity index (χ4n) is 1.62. The standard InChI is InChI=1S/C14H14BrFN2O2S/c1-14(2,20)11-7-17-13(21-11)18-12(19)5-8-3-4-9(15)6-10(8)16/h3-4,6-7,20H,5H2,1-2H3,(H,17,18,19). The predicted octanol–water partition coefficient (Wildman–Crippen LogP) is 3.45. The molecule has 0 radical (unpaired) electrons. The highest BCUT2D eigenvalue weighted by molar-refractivity contribution is 9.10. The Morgan fingerprint density at radius 1 is 1.52 bits per heavy atom. The third-order valence-corrected chi connectivity index (χ3v) is 4.44. The highest BCUT2D eigenvalue weighted by Crippen LogP contribution is 2.28. The summed E-state index contributed by atoms with van der Waals surface area (Å²) in [4.78, 5) is 16.6. The third kappa shape index (κ3) is 4.33. The van der Waals surface area contributed by atoms with Crippen LogP contribution in [-0.4, -0.2) is 16.0 Å². The van der Waals surface area contributed by atoms with Crippen LogP contribution in [0.25, 0.3) is 0 Å². The lowest BCUT2D eigenvalue weighted by molar-refractivity contribution is -0.115. The Morgan fingerprint density at radius 3 is 2.81 bits per heavy atom. The molecule has 1 aromatic carbocycles. The molecule has 4 nitrogen and oxygen atoms in total. The van der Waals surface area contributed by atoms with Crippen molar-refractivity contribution < 1.29 is 14.3 Å². The van der Waals surface area contributed by atoms with Gasteiger partial charge in [-0.1, -0.05) is 33.3 Å². The maximum atomic E-state index is 13.7. The normalized spacial score (nSPS) is 11.5. The van der Waals surface area contributed by atoms with Crippen molar-refractivity contribution in [2.75, 3.05) is 5.32 Å². The average molecular weight is 373 g/mol. The summed E-state index contributed by atoms with van der Waals surface area (Å²) in [5, 5.41) is 12.8. The van der Waals surface area contributed by atoms with Crippen molar-refractivity contribution in [2.24, 2.45) is 0 Å². The first-order valence-electron chi connectivity index (χ1n) is 6.18. The van der Waals surface area contributed by atoms with Crippen molar-refractivity contribution in [1.82, 2.24) is 4.98 Å². The van der Waals surface area contributed by atoms with Gasteiger partial charge in [0, 0.05) is 10.7 Å². The van der Waals surface area contributed by atoms with E-state index >= 15 is 0 Å². The second kappa shape index (κ2) is 6.21. The van der Waals surface area contributed by atoms with Gasteiger partial charge in [0.05, 0.1) is 16.9 Å². The molecule has 112 valence electrons. The monoisotopic (exact) mass is 372 g/mol. The van der Waals surface area contributed by atoms with Gasteiger partial charge in [-0.2, -0.15) is 0 Å². The number of thiazole rings is 1. The first-order valence-corrected chi connectivity index (χ1v) is 7.79. The van der Waals surface area contributed by atoms with Gasteiger partial charge in [0.15, 0.2) is 5.13 Å². The zero-order valence-electron chi connectivity index (χ0n) is 11.5. The van der Waals surface area contributed by atoms with E-state index in [0.717, 1.165) is 0 Å². The molecule has 1 aromatic heterocycles. The number of halogens is 2. The summed E-state index contributed by atoms with van der Waals surface area (Å²) in [5.41, 5.74) is -0.687. The molecule has 2 rings (SSSR count). The van der Waals surface area contributed by atoms with Crippen LogP contribution in [0.1, 0.15) is 24.3 Å². The average Bonchev–Trinajstić information content (AvgIpc) is 2.81. The van der Waals surface area contributed by atoms with Crippen molar-refractivity contribution >= 4 is 38.3 Å². The van der Waals surface area contributed by atoms with E-state index < -0.39 is 11.4 Å². The van der Waals surface area contributed by atoms with E-state index in [0.29, 0.717) is 20.0 Å². The number of nitrogens with zero attached hydrogens (tertiary/aromatic N) is 1. The summed E-state index contributed by atoms with van der Waals surface area (Å²) in [6, 6.07) is 4.56. The zero-order valence-corrected chi connectivity index (χ0v) is 13.9. The van der Waals surface area contributed by atoms with Crippen LogP contribution in [0.2, 0.25) is 0 Å². The summed E-state index contributed by atoms with van der Waals surface area (Å²) in [5.74, 6) is -0.788. The minimum atomic E-state index is -1.00. The van der Waals surface area contributed by atoms with Gasteiger partial charge in [-0.25, -0.2) is 9.37 Å². The van der Waals surface area contributed by atoms with Crippen molar-refractivity contribution in [3.63, 3.8) is 0 Å². The highest BCUT2D eigenvalue weighted by Gasteiger charge is 2.20.